The lowest BCUT2D eigenvalue weighted by Gasteiger charge is -2.18. The van der Waals surface area contributed by atoms with Crippen LogP contribution in [0.2, 0.25) is 10.0 Å². The third-order valence-corrected chi connectivity index (χ3v) is 7.70. The zero-order chi connectivity index (χ0) is 24.9. The van der Waals surface area contributed by atoms with Crippen molar-refractivity contribution < 1.29 is 9.59 Å². The molecule has 0 aromatic heterocycles. The Labute approximate surface area is 218 Å². The van der Waals surface area contributed by atoms with Gasteiger partial charge in [0.2, 0.25) is 5.91 Å². The summed E-state index contributed by atoms with van der Waals surface area (Å²) in [5.74, 6) is -0.811. The third-order valence-electron chi connectivity index (χ3n) is 5.58. The highest BCUT2D eigenvalue weighted by Crippen LogP contribution is 2.43. The second kappa shape index (κ2) is 11.0. The Kier molecular flexibility index (Phi) is 7.82. The van der Waals surface area contributed by atoms with Crippen LogP contribution in [-0.2, 0) is 22.4 Å². The molecule has 5 nitrogen and oxygen atoms in total. The second-order valence-corrected chi connectivity index (χ2v) is 9.81. The van der Waals surface area contributed by atoms with Gasteiger partial charge in [-0.3, -0.25) is 14.5 Å². The van der Waals surface area contributed by atoms with Crippen molar-refractivity contribution in [3.8, 4) is 6.07 Å². The number of amides is 2. The van der Waals surface area contributed by atoms with Gasteiger partial charge >= 0.3 is 0 Å². The van der Waals surface area contributed by atoms with E-state index in [1.165, 1.54) is 16.7 Å². The molecule has 3 aromatic carbocycles. The molecule has 1 aliphatic heterocycles. The van der Waals surface area contributed by atoms with Crippen molar-refractivity contribution >= 4 is 58.2 Å². The summed E-state index contributed by atoms with van der Waals surface area (Å²) in [4.78, 5) is 28.1. The number of hydrogen-bond donors (Lipinski definition) is 1. The fourth-order valence-electron chi connectivity index (χ4n) is 3.72. The summed E-state index contributed by atoms with van der Waals surface area (Å²) in [6.45, 7) is 2.05. The van der Waals surface area contributed by atoms with E-state index in [0.717, 1.165) is 17.5 Å². The van der Waals surface area contributed by atoms with E-state index in [2.05, 4.69) is 5.32 Å². The molecule has 1 atom stereocenters. The van der Waals surface area contributed by atoms with Crippen LogP contribution < -0.4 is 10.2 Å². The molecular formula is C27H21Cl2N3O2S. The van der Waals surface area contributed by atoms with Gasteiger partial charge in [-0.1, -0.05) is 84.4 Å². The molecule has 1 N–H and O–H groups in total. The molecule has 8 heteroatoms. The summed E-state index contributed by atoms with van der Waals surface area (Å²) in [7, 11) is 0. The number of rotatable bonds is 6. The lowest BCUT2D eigenvalue weighted by molar-refractivity contribution is -0.117. The molecule has 1 aliphatic rings. The normalized spacial score (nSPS) is 16.7. The van der Waals surface area contributed by atoms with Gasteiger partial charge in [-0.15, -0.1) is 0 Å². The maximum Gasteiger partial charge on any atom is 0.269 e. The van der Waals surface area contributed by atoms with Crippen LogP contribution in [0.1, 0.15) is 18.1 Å². The third kappa shape index (κ3) is 5.38. The van der Waals surface area contributed by atoms with Crippen LogP contribution in [0.5, 0.6) is 0 Å². The molecule has 0 saturated carbocycles. The molecule has 176 valence electrons. The van der Waals surface area contributed by atoms with E-state index in [0.29, 0.717) is 27.8 Å². The number of nitrogens with zero attached hydrogens (tertiary/aromatic N) is 2. The number of nitriles is 1. The molecule has 0 aliphatic carbocycles. The van der Waals surface area contributed by atoms with E-state index in [1.54, 1.807) is 48.5 Å². The van der Waals surface area contributed by atoms with Crippen LogP contribution in [0.25, 0.3) is 0 Å². The molecule has 2 amide bonds. The van der Waals surface area contributed by atoms with Crippen LogP contribution in [0, 0.1) is 11.3 Å². The molecule has 0 spiro atoms. The molecular weight excluding hydrogens is 501 g/mol. The first-order valence-corrected chi connectivity index (χ1v) is 12.6. The van der Waals surface area contributed by atoms with Gasteiger partial charge in [-0.2, -0.15) is 5.26 Å². The van der Waals surface area contributed by atoms with Crippen LogP contribution in [0.4, 0.5) is 11.4 Å². The van der Waals surface area contributed by atoms with Crippen LogP contribution in [-0.4, -0.2) is 17.1 Å². The fourth-order valence-corrected chi connectivity index (χ4v) is 5.41. The van der Waals surface area contributed by atoms with Crippen molar-refractivity contribution in [2.75, 3.05) is 10.2 Å². The number of benzene rings is 3. The minimum absolute atomic E-state index is 0.133. The lowest BCUT2D eigenvalue weighted by atomic mass is 10.1. The Morgan fingerprint density at radius 1 is 1.06 bits per heavy atom. The maximum absolute atomic E-state index is 13.5. The zero-order valence-electron chi connectivity index (χ0n) is 18.8. The van der Waals surface area contributed by atoms with E-state index in [4.69, 9.17) is 23.2 Å². The summed E-state index contributed by atoms with van der Waals surface area (Å²) < 4.78 is 0. The van der Waals surface area contributed by atoms with Gasteiger partial charge in [0.1, 0.15) is 16.7 Å². The number of anilines is 2. The van der Waals surface area contributed by atoms with Gasteiger partial charge in [-0.05, 0) is 54.3 Å². The van der Waals surface area contributed by atoms with Gasteiger partial charge in [0.05, 0.1) is 15.3 Å². The number of nitrogens with one attached hydrogen (secondary N) is 1. The van der Waals surface area contributed by atoms with Crippen LogP contribution in [0.3, 0.4) is 0 Å². The summed E-state index contributed by atoms with van der Waals surface area (Å²) >= 11 is 13.7. The largest absolute Gasteiger partial charge is 0.321 e. The molecule has 4 rings (SSSR count). The number of thioether (sulfide) groups is 1. The molecule has 0 bridgehead atoms. The van der Waals surface area contributed by atoms with Crippen LogP contribution in [0.15, 0.2) is 83.4 Å². The van der Waals surface area contributed by atoms with Gasteiger partial charge < -0.3 is 5.32 Å². The average molecular weight is 522 g/mol. The number of para-hydroxylation sites is 1. The summed E-state index contributed by atoms with van der Waals surface area (Å²) in [6.07, 6.45) is 1.18. The van der Waals surface area contributed by atoms with Crippen molar-refractivity contribution in [2.45, 2.75) is 25.0 Å². The quantitative estimate of drug-likeness (QED) is 0.292. The molecule has 35 heavy (non-hydrogen) atoms. The van der Waals surface area contributed by atoms with Crippen LogP contribution >= 0.6 is 35.0 Å². The van der Waals surface area contributed by atoms with Gasteiger partial charge in [0.25, 0.3) is 5.91 Å². The predicted molar refractivity (Wildman–Crippen MR) is 143 cm³/mol. The summed E-state index contributed by atoms with van der Waals surface area (Å²) in [5, 5.41) is 13.2. The molecule has 1 heterocycles. The van der Waals surface area contributed by atoms with E-state index in [-0.39, 0.29) is 16.5 Å². The minimum atomic E-state index is -0.582. The van der Waals surface area contributed by atoms with Gasteiger partial charge in [-0.25, -0.2) is 0 Å². The number of aryl methyl sites for hydroxylation is 1. The summed E-state index contributed by atoms with van der Waals surface area (Å²) in [5.41, 5.74) is 2.87. The molecule has 0 unspecified atom stereocenters. The monoisotopic (exact) mass is 521 g/mol. The molecule has 1 fully saturated rings. The van der Waals surface area contributed by atoms with Crippen molar-refractivity contribution in [3.05, 3.63) is 105 Å². The molecule has 0 radical (unpaired) electrons. The Balaban J connectivity index is 1.70. The number of hydrogen-bond acceptors (Lipinski definition) is 4. The van der Waals surface area contributed by atoms with Crippen molar-refractivity contribution in [2.24, 2.45) is 0 Å². The SMILES string of the molecule is CCc1ccc(NC(=O)/C(C#N)=C2\S[C@H](Cc3cccc(Cl)c3Cl)C(=O)N2c2ccccc2)cc1. The predicted octanol–water partition coefficient (Wildman–Crippen LogP) is 6.62. The van der Waals surface area contributed by atoms with Crippen molar-refractivity contribution in [3.63, 3.8) is 0 Å². The second-order valence-electron chi connectivity index (χ2n) is 7.83. The van der Waals surface area contributed by atoms with Crippen molar-refractivity contribution in [1.82, 2.24) is 0 Å². The first-order chi connectivity index (χ1) is 16.9. The highest BCUT2D eigenvalue weighted by molar-refractivity contribution is 8.05. The van der Waals surface area contributed by atoms with E-state index >= 15 is 0 Å². The van der Waals surface area contributed by atoms with Crippen molar-refractivity contribution in [1.29, 1.82) is 5.26 Å². The Bertz CT molecular complexity index is 1330. The summed E-state index contributed by atoms with van der Waals surface area (Å²) in [6, 6.07) is 23.7. The standard InChI is InChI=1S/C27H21Cl2N3O2S/c1-2-17-11-13-19(14-12-17)31-25(33)21(16-30)27-32(20-8-4-3-5-9-20)26(34)23(35-27)15-18-7-6-10-22(28)24(18)29/h3-14,23H,2,15H2,1H3,(H,31,33)/b27-21-/t23-/m1/s1. The fraction of sp³-hybridized carbons (Fsp3) is 0.148. The van der Waals surface area contributed by atoms with E-state index < -0.39 is 11.2 Å². The Morgan fingerprint density at radius 3 is 2.43 bits per heavy atom. The van der Waals surface area contributed by atoms with E-state index in [9.17, 15) is 14.9 Å². The zero-order valence-corrected chi connectivity index (χ0v) is 21.1. The smallest absolute Gasteiger partial charge is 0.269 e. The lowest BCUT2D eigenvalue weighted by Crippen LogP contribution is -2.31. The number of carbonyl (C=O) groups excluding carboxylic acids is 2. The number of carbonyl (C=O) groups is 2. The Hall–Kier alpha value is -3.24. The highest BCUT2D eigenvalue weighted by atomic mass is 35.5. The number of halogens is 2. The first-order valence-electron chi connectivity index (χ1n) is 11.0. The minimum Gasteiger partial charge on any atom is -0.321 e. The van der Waals surface area contributed by atoms with E-state index in [1.807, 2.05) is 37.3 Å². The first kappa shape index (κ1) is 24.9. The molecule has 1 saturated heterocycles. The highest BCUT2D eigenvalue weighted by Gasteiger charge is 2.41. The average Bonchev–Trinajstić information content (AvgIpc) is 3.18. The van der Waals surface area contributed by atoms with Gasteiger partial charge in [0.15, 0.2) is 0 Å². The topological polar surface area (TPSA) is 73.2 Å². The molecule has 3 aromatic rings. The Morgan fingerprint density at radius 2 is 1.77 bits per heavy atom. The van der Waals surface area contributed by atoms with Gasteiger partial charge in [0, 0.05) is 11.4 Å². The maximum atomic E-state index is 13.5.